The highest BCUT2D eigenvalue weighted by molar-refractivity contribution is 5.78. The molecule has 86 heavy (non-hydrogen) atoms. The number of aliphatic hydroxyl groups is 22. The quantitative estimate of drug-likeness (QED) is 0.0452. The van der Waals surface area contributed by atoms with Gasteiger partial charge in [0.15, 0.2) is 25.2 Å². The van der Waals surface area contributed by atoms with Crippen LogP contribution in [-0.4, -0.2) is 375 Å². The number of rotatable bonds is 23. The first-order chi connectivity index (χ1) is 40.2. The molecule has 1 amide bonds. The van der Waals surface area contributed by atoms with Gasteiger partial charge in [-0.15, -0.1) is 0 Å². The van der Waals surface area contributed by atoms with E-state index in [0.717, 1.165) is 13.8 Å². The van der Waals surface area contributed by atoms with E-state index in [2.05, 4.69) is 5.32 Å². The van der Waals surface area contributed by atoms with Crippen molar-refractivity contribution in [1.82, 2.24) is 5.32 Å². The average Bonchev–Trinajstić information content (AvgIpc) is 1.15. The number of hydrogen-bond donors (Lipinski definition) is 25. The lowest BCUT2D eigenvalue weighted by molar-refractivity contribution is -0.385. The number of carbonyl (C=O) groups excluding carboxylic acids is 2. The van der Waals surface area contributed by atoms with E-state index >= 15 is 0 Å². The number of nitrogens with one attached hydrogen (secondary N) is 1. The number of aliphatic carboxylic acids is 2. The topological polar surface area (TPSA) is 658 Å². The molecule has 6 rings (SSSR count). The van der Waals surface area contributed by atoms with Gasteiger partial charge in [-0.1, -0.05) is 0 Å². The summed E-state index contributed by atoms with van der Waals surface area (Å²) in [7, 11) is 0. The van der Waals surface area contributed by atoms with E-state index in [4.69, 9.17) is 47.4 Å². The minimum atomic E-state index is -3.02. The normalized spacial score (nSPS) is 45.3. The lowest BCUT2D eigenvalue weighted by Gasteiger charge is -2.50. The molecule has 0 aromatic heterocycles. The van der Waals surface area contributed by atoms with Crippen molar-refractivity contribution in [2.75, 3.05) is 39.6 Å². The Balaban J connectivity index is 0.000000314. The minimum absolute atomic E-state index is 0.401. The van der Waals surface area contributed by atoms with Gasteiger partial charge >= 0.3 is 11.9 Å². The zero-order valence-electron chi connectivity index (χ0n) is 45.6. The second kappa shape index (κ2) is 31.2. The lowest BCUT2D eigenvalue weighted by Crippen LogP contribution is -2.70. The number of hydrogen-bond acceptors (Lipinski definition) is 36. The molecule has 6 aliphatic rings. The van der Waals surface area contributed by atoms with Gasteiger partial charge in [0.1, 0.15) is 134 Å². The van der Waals surface area contributed by atoms with E-state index in [1.807, 2.05) is 0 Å². The maximum Gasteiger partial charge on any atom is 0.364 e. The zero-order valence-corrected chi connectivity index (χ0v) is 45.6. The molecule has 0 aromatic rings. The highest BCUT2D eigenvalue weighted by Gasteiger charge is 2.61. The number of ketones is 1. The van der Waals surface area contributed by atoms with Gasteiger partial charge in [0.25, 0.3) is 11.6 Å². The zero-order chi connectivity index (χ0) is 64.8. The van der Waals surface area contributed by atoms with Crippen LogP contribution in [0.1, 0.15) is 33.1 Å². The molecule has 39 heteroatoms. The Morgan fingerprint density at radius 3 is 1.42 bits per heavy atom. The van der Waals surface area contributed by atoms with Crippen LogP contribution in [0.15, 0.2) is 0 Å². The Kier molecular flexibility index (Phi) is 26.7. The van der Waals surface area contributed by atoms with Crippen LogP contribution in [0.3, 0.4) is 0 Å². The molecule has 39 nitrogen and oxygen atoms in total. The average molecular weight is 1270 g/mol. The number of ether oxygens (including phenoxy) is 10. The van der Waals surface area contributed by atoms with E-state index in [0.29, 0.717) is 0 Å². The van der Waals surface area contributed by atoms with Crippen LogP contribution >= 0.6 is 0 Å². The molecule has 25 N–H and O–H groups in total. The van der Waals surface area contributed by atoms with Gasteiger partial charge < -0.3 is 180 Å². The third-order valence-corrected chi connectivity index (χ3v) is 15.2. The molecule has 0 aromatic carbocycles. The van der Waals surface area contributed by atoms with Gasteiger partial charge in [0, 0.05) is 32.1 Å². The Hall–Kier alpha value is -3.20. The van der Waals surface area contributed by atoms with Crippen LogP contribution < -0.4 is 5.32 Å². The number of aliphatic hydroxyl groups excluding tert-OH is 22. The van der Waals surface area contributed by atoms with Gasteiger partial charge in [0.2, 0.25) is 5.91 Å². The molecule has 6 saturated heterocycles. The fourth-order valence-electron chi connectivity index (χ4n) is 10.5. The summed E-state index contributed by atoms with van der Waals surface area (Å²) in [6.45, 7) is -3.45. The number of amides is 1. The Bertz CT molecular complexity index is 2170. The Morgan fingerprint density at radius 1 is 0.512 bits per heavy atom. The monoisotopic (exact) mass is 1270 g/mol. The van der Waals surface area contributed by atoms with E-state index in [-0.39, 0.29) is 0 Å². The first-order valence-electron chi connectivity index (χ1n) is 26.6. The Morgan fingerprint density at radius 2 is 0.965 bits per heavy atom. The van der Waals surface area contributed by atoms with Crippen LogP contribution in [0.2, 0.25) is 0 Å². The molecule has 0 saturated carbocycles. The predicted molar refractivity (Wildman–Crippen MR) is 261 cm³/mol. The summed E-state index contributed by atoms with van der Waals surface area (Å²) >= 11 is 0. The van der Waals surface area contributed by atoms with Crippen molar-refractivity contribution in [2.45, 2.75) is 222 Å². The summed E-state index contributed by atoms with van der Waals surface area (Å²) in [5.74, 6) is -12.1. The van der Waals surface area contributed by atoms with Crippen molar-refractivity contribution in [3.8, 4) is 0 Å². The number of carboxylic acid groups (broad SMARTS) is 2. The maximum atomic E-state index is 12.5. The molecular weight excluding hydrogens is 1190 g/mol. The van der Waals surface area contributed by atoms with Crippen molar-refractivity contribution in [3.05, 3.63) is 0 Å². The highest BCUT2D eigenvalue weighted by atomic mass is 16.8. The SMILES string of the molecule is CC(=O)C[C@H]1C([C@H](O)[C@H](O)CO)O[C@@](OCC2O[C@@H](O[C@@H]3C(CO)O[C@@H](O)C(O)[C@H]3O)C(O)[C@@H](O)[C@H]2O)(C(=O)O)C[C@H]1O.CC(=O)N[C@H]1C([C@H](O)[C@H](O)CO)O[C@@](O[C@@H]2C(O)[C@H](O[C@@H]3C(CO)O[C@@H](O)C(O)[C@H]3O)OC(CO)[C@@H]2O)(C(=O)O)C[C@H]1O. The van der Waals surface area contributed by atoms with Gasteiger partial charge in [-0.05, 0) is 6.92 Å². The molecule has 6 heterocycles. The Labute approximate surface area is 485 Å². The summed E-state index contributed by atoms with van der Waals surface area (Å²) in [4.78, 5) is 48.4. The second-order valence-corrected chi connectivity index (χ2v) is 21.4. The fraction of sp³-hybridized carbons (Fsp3) is 0.915. The van der Waals surface area contributed by atoms with Gasteiger partial charge in [-0.25, -0.2) is 9.59 Å². The van der Waals surface area contributed by atoms with E-state index in [9.17, 15) is 142 Å². The first-order valence-corrected chi connectivity index (χ1v) is 26.6. The van der Waals surface area contributed by atoms with Gasteiger partial charge in [-0.3, -0.25) is 4.79 Å². The molecule has 0 bridgehead atoms. The summed E-state index contributed by atoms with van der Waals surface area (Å²) in [5.41, 5.74) is 0. The largest absolute Gasteiger partial charge is 0.477 e. The molecule has 500 valence electrons. The summed E-state index contributed by atoms with van der Waals surface area (Å²) in [6.07, 6.45) is -54.7. The molecule has 0 spiro atoms. The second-order valence-electron chi connectivity index (χ2n) is 21.4. The molecule has 6 aliphatic heterocycles. The molecular formula is C47H79NO38. The molecule has 10 unspecified atom stereocenters. The van der Waals surface area contributed by atoms with Crippen molar-refractivity contribution >= 4 is 23.6 Å². The van der Waals surface area contributed by atoms with Crippen molar-refractivity contribution in [3.63, 3.8) is 0 Å². The van der Waals surface area contributed by atoms with Crippen molar-refractivity contribution in [2.24, 2.45) is 5.92 Å². The summed E-state index contributed by atoms with van der Waals surface area (Å²) in [6, 6.07) is -1.54. The first kappa shape index (κ1) is 73.5. The lowest BCUT2D eigenvalue weighted by atomic mass is 9.80. The van der Waals surface area contributed by atoms with Gasteiger partial charge in [-0.2, -0.15) is 0 Å². The standard InChI is InChI=1S/C24H40O19.C23H39NO19/c1-7(27)2-8-9(28)3-24(23(37)38,43-19(8)13(30)10(29)4-25)39-6-12-14(31)15(32)18(35)22(41-12)42-20-11(5-26)40-21(36)17(34)16(20)33;1-6(28)24-11-7(29)2-23(22(37)38,42-18(11)12(31)8(30)3-25)43-19-13(32)9(4-26)40-21(16(19)35)41-17-10(5-27)39-20(36)15(34)14(17)33/h8-22,25-26,28-36H,2-6H2,1H3,(H,37,38);7-21,25-27,29-36H,2-5H2,1H3,(H,24,28)(H,37,38)/t8-,9-,10-,11?,12?,13-,14+,15+,16-,17?,18?,19?,20-,21-,22+,24-;7-,8-,9?,10?,11-,12-,13+,14-,15?,16?,17-,18?,19+,20-,21+,23+/m11/s1. The van der Waals surface area contributed by atoms with E-state index in [1.165, 1.54) is 0 Å². The van der Waals surface area contributed by atoms with Crippen LogP contribution in [0.4, 0.5) is 0 Å². The van der Waals surface area contributed by atoms with Gasteiger partial charge in [0.05, 0.1) is 64.0 Å². The molecule has 0 aliphatic carbocycles. The van der Waals surface area contributed by atoms with Crippen molar-refractivity contribution < 1.29 is 189 Å². The number of Topliss-reactive ketones (excluding diaryl/α,β-unsaturated/α-hetero) is 1. The third kappa shape index (κ3) is 16.3. The number of carbonyl (C=O) groups is 4. The highest BCUT2D eigenvalue weighted by Crippen LogP contribution is 2.41. The molecule has 32 atom stereocenters. The fourth-order valence-corrected chi connectivity index (χ4v) is 10.5. The van der Waals surface area contributed by atoms with Crippen LogP contribution in [0, 0.1) is 5.92 Å². The molecule has 0 radical (unpaired) electrons. The van der Waals surface area contributed by atoms with Crippen LogP contribution in [0.25, 0.3) is 0 Å². The summed E-state index contributed by atoms with van der Waals surface area (Å²) < 4.78 is 53.7. The number of carboxylic acids is 2. The third-order valence-electron chi connectivity index (χ3n) is 15.2. The van der Waals surface area contributed by atoms with E-state index in [1.54, 1.807) is 0 Å². The van der Waals surface area contributed by atoms with Crippen LogP contribution in [-0.2, 0) is 66.5 Å². The van der Waals surface area contributed by atoms with Crippen LogP contribution in [0.5, 0.6) is 0 Å². The minimum Gasteiger partial charge on any atom is -0.477 e. The molecule has 6 fully saturated rings. The smallest absolute Gasteiger partial charge is 0.364 e. The predicted octanol–water partition coefficient (Wildman–Crippen LogP) is -15.4. The van der Waals surface area contributed by atoms with Crippen molar-refractivity contribution in [1.29, 1.82) is 0 Å². The summed E-state index contributed by atoms with van der Waals surface area (Å²) in [5, 5.41) is 246. The maximum absolute atomic E-state index is 12.5. The van der Waals surface area contributed by atoms with E-state index < -0.39 is 278 Å².